The molecule has 0 aromatic carbocycles. The van der Waals surface area contributed by atoms with E-state index in [4.69, 9.17) is 39.7 Å². The first-order chi connectivity index (χ1) is 29.4. The number of pyridine rings is 2. The highest BCUT2D eigenvalue weighted by molar-refractivity contribution is 5.92. The van der Waals surface area contributed by atoms with Crippen molar-refractivity contribution in [3.63, 3.8) is 0 Å². The number of esters is 2. The highest BCUT2D eigenvalue weighted by Crippen LogP contribution is 2.28. The van der Waals surface area contributed by atoms with Gasteiger partial charge in [-0.3, -0.25) is 0 Å². The summed E-state index contributed by atoms with van der Waals surface area (Å²) in [5.41, 5.74) is 7.32. The third kappa shape index (κ3) is 19.9. The fourth-order valence-electron chi connectivity index (χ4n) is 4.87. The van der Waals surface area contributed by atoms with Crippen molar-refractivity contribution in [3.05, 3.63) is 45.8 Å². The summed E-state index contributed by atoms with van der Waals surface area (Å²) in [4.78, 5) is 66.9. The number of nitrogens with one attached hydrogen (secondary N) is 1. The van der Waals surface area contributed by atoms with Gasteiger partial charge in [-0.15, -0.1) is 0 Å². The fourth-order valence-corrected chi connectivity index (χ4v) is 4.87. The maximum atomic E-state index is 12.4. The number of aromatic nitrogens is 2. The van der Waals surface area contributed by atoms with Crippen molar-refractivity contribution in [3.8, 4) is 12.1 Å². The van der Waals surface area contributed by atoms with Crippen LogP contribution in [0.2, 0.25) is 0 Å². The molecule has 0 aliphatic carbocycles. The summed E-state index contributed by atoms with van der Waals surface area (Å²) < 4.78 is 79.4. The monoisotopic (exact) mass is 932 g/mol. The molecule has 4 heterocycles. The minimum atomic E-state index is -5.08. The van der Waals surface area contributed by atoms with Crippen LogP contribution in [0.1, 0.15) is 106 Å². The van der Waals surface area contributed by atoms with E-state index in [2.05, 4.69) is 27.4 Å². The quantitative estimate of drug-likeness (QED) is 0.140. The molecule has 65 heavy (non-hydrogen) atoms. The molecule has 0 atom stereocenters. The molecule has 0 unspecified atom stereocenters. The van der Waals surface area contributed by atoms with Gasteiger partial charge in [-0.1, -0.05) is 41.5 Å². The van der Waals surface area contributed by atoms with Gasteiger partial charge >= 0.3 is 42.3 Å². The summed E-state index contributed by atoms with van der Waals surface area (Å²) in [5, 5.41) is 35.9. The van der Waals surface area contributed by atoms with E-state index in [9.17, 15) is 51.2 Å². The Morgan fingerprint density at radius 3 is 1.29 bits per heavy atom. The summed E-state index contributed by atoms with van der Waals surface area (Å²) in [6.45, 7) is 23.7. The Morgan fingerprint density at radius 1 is 0.708 bits per heavy atom. The molecule has 0 radical (unpaired) electrons. The zero-order chi connectivity index (χ0) is 50.6. The van der Waals surface area contributed by atoms with Crippen molar-refractivity contribution in [1.82, 2.24) is 15.3 Å². The smallest absolute Gasteiger partial charge is 0.475 e. The SMILES string of the molecule is Cc1nc(N2CC(N)C2)c(C#N)cc1C(=O)OCC(C)(C)C.Cc1nc(N2CC(NC(=O)OC(C)(C)C)C2)c(C#N)cc1C(=O)OCC(C)(C)C.O=C(O)C(F)(F)F.O=C(O)C(F)(F)F. The van der Waals surface area contributed by atoms with Crippen LogP contribution in [-0.4, -0.2) is 120 Å². The van der Waals surface area contributed by atoms with Gasteiger partial charge < -0.3 is 45.3 Å². The van der Waals surface area contributed by atoms with Gasteiger partial charge in [0.1, 0.15) is 29.4 Å². The van der Waals surface area contributed by atoms with Crippen molar-refractivity contribution < 1.29 is 74.7 Å². The molecule has 24 heteroatoms. The number of rotatable bonds is 7. The molecule has 0 saturated carbocycles. The molecule has 2 aliphatic heterocycles. The first-order valence-electron chi connectivity index (χ1n) is 19.4. The molecule has 1 amide bonds. The lowest BCUT2D eigenvalue weighted by atomic mass is 9.98. The van der Waals surface area contributed by atoms with Crippen LogP contribution in [0, 0.1) is 47.3 Å². The Morgan fingerprint density at radius 2 is 1.03 bits per heavy atom. The first-order valence-corrected chi connectivity index (χ1v) is 19.4. The fraction of sp³-hybridized carbons (Fsp3) is 0.585. The van der Waals surface area contributed by atoms with Crippen LogP contribution in [0.15, 0.2) is 12.1 Å². The van der Waals surface area contributed by atoms with Gasteiger partial charge in [0.05, 0.1) is 52.9 Å². The molecular weight excluding hydrogens is 878 g/mol. The number of amides is 1. The van der Waals surface area contributed by atoms with Crippen LogP contribution in [-0.2, 0) is 23.8 Å². The Balaban J connectivity index is 0.000000512. The van der Waals surface area contributed by atoms with Crippen molar-refractivity contribution in [2.24, 2.45) is 16.6 Å². The molecule has 2 aromatic rings. The average Bonchev–Trinajstić information content (AvgIpc) is 3.11. The van der Waals surface area contributed by atoms with Gasteiger partial charge in [-0.2, -0.15) is 36.9 Å². The number of hydrogen-bond donors (Lipinski definition) is 4. The van der Waals surface area contributed by atoms with E-state index in [0.29, 0.717) is 78.1 Å². The van der Waals surface area contributed by atoms with Crippen LogP contribution >= 0.6 is 0 Å². The van der Waals surface area contributed by atoms with Crippen molar-refractivity contribution >= 4 is 41.6 Å². The van der Waals surface area contributed by atoms with E-state index >= 15 is 0 Å². The lowest BCUT2D eigenvalue weighted by molar-refractivity contribution is -0.193. The summed E-state index contributed by atoms with van der Waals surface area (Å²) in [7, 11) is 0. The number of carboxylic acids is 2. The maximum Gasteiger partial charge on any atom is 0.490 e. The van der Waals surface area contributed by atoms with Gasteiger partial charge in [0.25, 0.3) is 0 Å². The number of carbonyl (C=O) groups is 5. The van der Waals surface area contributed by atoms with Crippen LogP contribution in [0.4, 0.5) is 42.8 Å². The molecule has 360 valence electrons. The zero-order valence-electron chi connectivity index (χ0n) is 37.7. The molecular formula is C41H54F6N8O10. The number of alkyl carbamates (subject to hydrolysis) is 1. The van der Waals surface area contributed by atoms with Crippen LogP contribution in [0.3, 0.4) is 0 Å². The number of nitrogens with two attached hydrogens (primary N) is 1. The van der Waals surface area contributed by atoms with E-state index in [-0.39, 0.29) is 29.5 Å². The predicted molar refractivity (Wildman–Crippen MR) is 220 cm³/mol. The molecule has 18 nitrogen and oxygen atoms in total. The molecule has 2 fully saturated rings. The Labute approximate surface area is 371 Å². The molecule has 2 aromatic heterocycles. The second-order valence-corrected chi connectivity index (χ2v) is 18.0. The van der Waals surface area contributed by atoms with Crippen molar-refractivity contribution in [1.29, 1.82) is 10.5 Å². The van der Waals surface area contributed by atoms with E-state index in [1.165, 1.54) is 6.07 Å². The summed E-state index contributed by atoms with van der Waals surface area (Å²) in [5.74, 6) is -5.35. The molecule has 0 bridgehead atoms. The van der Waals surface area contributed by atoms with Gasteiger partial charge in [-0.25, -0.2) is 33.9 Å². The van der Waals surface area contributed by atoms with Gasteiger partial charge in [-0.05, 0) is 57.6 Å². The number of aryl methyl sites for hydroxylation is 2. The number of alkyl halides is 6. The highest BCUT2D eigenvalue weighted by Gasteiger charge is 2.39. The van der Waals surface area contributed by atoms with Crippen LogP contribution in [0.5, 0.6) is 0 Å². The molecule has 2 aliphatic rings. The molecule has 2 saturated heterocycles. The van der Waals surface area contributed by atoms with Crippen LogP contribution in [0.25, 0.3) is 0 Å². The van der Waals surface area contributed by atoms with Gasteiger partial charge in [0.2, 0.25) is 0 Å². The summed E-state index contributed by atoms with van der Waals surface area (Å²) in [6, 6.07) is 7.32. The topological polar surface area (TPSA) is 271 Å². The minimum Gasteiger partial charge on any atom is -0.475 e. The summed E-state index contributed by atoms with van der Waals surface area (Å²) >= 11 is 0. The summed E-state index contributed by atoms with van der Waals surface area (Å²) in [6.07, 6.45) is -10.6. The van der Waals surface area contributed by atoms with Gasteiger partial charge in [0.15, 0.2) is 0 Å². The standard InChI is InChI=1S/C21H30N4O4.C16H22N4O2.2C2HF3O2/c1-13-16(18(26)28-12-20(2,3)4)8-14(9-22)17(23-13)25-10-15(11-25)24-19(27)29-21(5,6)7;1-10-13(15(21)22-9-16(2,3)4)5-11(6-17)14(19-10)20-7-12(18)8-20;2*3-2(4,5)1(6)7/h8,15H,10-12H2,1-7H3,(H,24,27);5,12H,7-9,18H2,1-4H3;2*(H,6,7). The highest BCUT2D eigenvalue weighted by atomic mass is 19.4. The van der Waals surface area contributed by atoms with Gasteiger partial charge in [0, 0.05) is 32.2 Å². The number of carboxylic acid groups (broad SMARTS) is 2. The van der Waals surface area contributed by atoms with E-state index < -0.39 is 47.9 Å². The van der Waals surface area contributed by atoms with Crippen molar-refractivity contribution in [2.75, 3.05) is 49.2 Å². The number of carbonyl (C=O) groups excluding carboxylic acids is 3. The van der Waals surface area contributed by atoms with E-state index in [1.807, 2.05) is 51.3 Å². The Kier molecular flexibility index (Phi) is 19.6. The molecule has 5 N–H and O–H groups in total. The predicted octanol–water partition coefficient (Wildman–Crippen LogP) is 6.06. The Bertz CT molecular complexity index is 2100. The third-order valence-electron chi connectivity index (χ3n) is 7.94. The number of nitrogens with zero attached hydrogens (tertiary/aromatic N) is 6. The minimum absolute atomic E-state index is 0.0880. The second-order valence-electron chi connectivity index (χ2n) is 18.0. The first kappa shape index (κ1) is 56.6. The normalized spacial score (nSPS) is 14.1. The van der Waals surface area contributed by atoms with Crippen molar-refractivity contribution in [2.45, 2.75) is 106 Å². The maximum absolute atomic E-state index is 12.4. The largest absolute Gasteiger partial charge is 0.490 e. The number of ether oxygens (including phenoxy) is 3. The number of halogens is 6. The second kappa shape index (κ2) is 22.5. The average molecular weight is 933 g/mol. The molecule has 4 rings (SSSR count). The number of nitriles is 2. The third-order valence-corrected chi connectivity index (χ3v) is 7.94. The van der Waals surface area contributed by atoms with E-state index in [1.54, 1.807) is 40.7 Å². The number of anilines is 2. The van der Waals surface area contributed by atoms with Crippen LogP contribution < -0.4 is 20.9 Å². The lowest BCUT2D eigenvalue weighted by Crippen LogP contribution is -2.60. The molecule has 0 spiro atoms. The number of hydrogen-bond acceptors (Lipinski definition) is 15. The Hall–Kier alpha value is -6.43. The number of aliphatic carboxylic acids is 2. The lowest BCUT2D eigenvalue weighted by Gasteiger charge is -2.41. The zero-order valence-corrected chi connectivity index (χ0v) is 37.7. The van der Waals surface area contributed by atoms with E-state index in [0.717, 1.165) is 0 Å².